The van der Waals surface area contributed by atoms with Gasteiger partial charge in [-0.3, -0.25) is 24.0 Å². The summed E-state index contributed by atoms with van der Waals surface area (Å²) in [6.45, 7) is 6.77. The highest BCUT2D eigenvalue weighted by atomic mass is 16.6. The van der Waals surface area contributed by atoms with Crippen LogP contribution in [0, 0.1) is 16.7 Å². The van der Waals surface area contributed by atoms with Gasteiger partial charge in [0.15, 0.2) is 23.6 Å². The zero-order valence-corrected chi connectivity index (χ0v) is 38.8. The van der Waals surface area contributed by atoms with E-state index in [9.17, 15) is 44.1 Å². The lowest BCUT2D eigenvalue weighted by Crippen LogP contribution is -2.82. The van der Waals surface area contributed by atoms with Crippen LogP contribution in [-0.4, -0.2) is 118 Å². The summed E-state index contributed by atoms with van der Waals surface area (Å²) in [4.78, 5) is 97.4. The van der Waals surface area contributed by atoms with Crippen LogP contribution in [0.1, 0.15) is 99.0 Å². The van der Waals surface area contributed by atoms with Gasteiger partial charge >= 0.3 is 23.9 Å². The molecule has 17 heteroatoms. The zero-order chi connectivity index (χ0) is 49.3. The molecule has 3 aromatic rings. The van der Waals surface area contributed by atoms with E-state index in [0.717, 1.165) is 6.92 Å². The molecule has 362 valence electrons. The summed E-state index contributed by atoms with van der Waals surface area (Å²) in [5, 5.41) is 43.2. The summed E-state index contributed by atoms with van der Waals surface area (Å²) in [5.41, 5.74) is -7.44. The fourth-order valence-electron chi connectivity index (χ4n) is 10.7. The standard InChI is InChI=1S/C51H58N2O15/c1-28-33(65-47(62)40(58)39(30-17-10-7-11-18-30)53-45(60)31-19-12-8-13-20-31)26-51(63)44(67-46(61)32-21-14-9-15-22-32)42-49(5,34(55)25-35-50(42,27-64-35)68-29(2)54)43(59)41(38(28)48(51,3)4)66-37(57)24-16-23-36(56)52-6/h7-15,17-22,33-35,39-42,44,55,58,63H,16,23-27H2,1-6H3,(H,52,56)(H,53,60)/t33-,34-,35+,39-,40+,41+,42-,44-,49+,50-,51+/m0/s1. The first-order valence-corrected chi connectivity index (χ1v) is 22.6. The Morgan fingerprint density at radius 1 is 0.853 bits per heavy atom. The first-order chi connectivity index (χ1) is 32.2. The highest BCUT2D eigenvalue weighted by molar-refractivity contribution is 5.96. The number of nitrogens with one attached hydrogen (secondary N) is 2. The number of aliphatic hydroxyl groups is 3. The molecule has 5 N–H and O–H groups in total. The van der Waals surface area contributed by atoms with Crippen LogP contribution in [0.3, 0.4) is 0 Å². The Bertz CT molecular complexity index is 2460. The maximum Gasteiger partial charge on any atom is 0.338 e. The van der Waals surface area contributed by atoms with Gasteiger partial charge in [0.25, 0.3) is 5.91 Å². The molecule has 1 saturated heterocycles. The van der Waals surface area contributed by atoms with E-state index in [0.29, 0.717) is 5.56 Å². The van der Waals surface area contributed by atoms with E-state index in [4.69, 9.17) is 23.7 Å². The molecule has 7 rings (SSSR count). The van der Waals surface area contributed by atoms with E-state index < -0.39 is 113 Å². The molecular weight excluding hydrogens is 881 g/mol. The maximum atomic E-state index is 15.8. The van der Waals surface area contributed by atoms with Crippen LogP contribution in [0.2, 0.25) is 0 Å². The molecule has 3 fully saturated rings. The Kier molecular flexibility index (Phi) is 14.1. The van der Waals surface area contributed by atoms with Crippen molar-refractivity contribution >= 4 is 41.5 Å². The van der Waals surface area contributed by atoms with Crippen molar-refractivity contribution in [1.29, 1.82) is 0 Å². The Morgan fingerprint density at radius 3 is 2.03 bits per heavy atom. The van der Waals surface area contributed by atoms with Gasteiger partial charge in [0.1, 0.15) is 23.9 Å². The van der Waals surface area contributed by atoms with E-state index in [2.05, 4.69) is 10.6 Å². The van der Waals surface area contributed by atoms with Crippen molar-refractivity contribution in [2.45, 2.75) is 121 Å². The Morgan fingerprint density at radius 2 is 1.46 bits per heavy atom. The second kappa shape index (κ2) is 19.4. The number of carbonyl (C=O) groups excluding carboxylic acids is 7. The van der Waals surface area contributed by atoms with Crippen molar-refractivity contribution in [2.24, 2.45) is 16.7 Å². The number of amides is 2. The highest BCUT2D eigenvalue weighted by Gasteiger charge is 2.78. The van der Waals surface area contributed by atoms with Crippen LogP contribution in [0.5, 0.6) is 0 Å². The van der Waals surface area contributed by atoms with Crippen LogP contribution < -0.4 is 10.6 Å². The quantitative estimate of drug-likeness (QED) is 0.0880. The van der Waals surface area contributed by atoms with Crippen LogP contribution in [0.4, 0.5) is 0 Å². The number of Topliss-reactive ketones (excluding diaryl/α,β-unsaturated/α-hetero) is 1. The van der Waals surface area contributed by atoms with Gasteiger partial charge in [0, 0.05) is 50.6 Å². The average Bonchev–Trinajstić information content (AvgIpc) is 3.31. The van der Waals surface area contributed by atoms with Crippen LogP contribution in [-0.2, 0) is 47.7 Å². The molecule has 68 heavy (non-hydrogen) atoms. The molecule has 2 bridgehead atoms. The molecule has 3 aromatic carbocycles. The normalized spacial score (nSPS) is 30.0. The smallest absolute Gasteiger partial charge is 0.338 e. The summed E-state index contributed by atoms with van der Waals surface area (Å²) < 4.78 is 30.8. The van der Waals surface area contributed by atoms with Gasteiger partial charge in [-0.15, -0.1) is 0 Å². The van der Waals surface area contributed by atoms with Crippen LogP contribution in [0.15, 0.2) is 102 Å². The monoisotopic (exact) mass is 938 g/mol. The summed E-state index contributed by atoms with van der Waals surface area (Å²) in [5.74, 6) is -7.42. The third kappa shape index (κ3) is 8.83. The fourth-order valence-corrected chi connectivity index (χ4v) is 10.7. The number of hydrogen-bond acceptors (Lipinski definition) is 15. The van der Waals surface area contributed by atoms with Crippen molar-refractivity contribution in [3.8, 4) is 0 Å². The van der Waals surface area contributed by atoms with Crippen molar-refractivity contribution in [3.05, 3.63) is 119 Å². The lowest BCUT2D eigenvalue weighted by atomic mass is 9.44. The number of aliphatic hydroxyl groups excluding tert-OH is 2. The van der Waals surface area contributed by atoms with Crippen LogP contribution >= 0.6 is 0 Å². The first-order valence-electron chi connectivity index (χ1n) is 22.6. The number of hydrogen-bond donors (Lipinski definition) is 5. The Balaban J connectivity index is 1.39. The van der Waals surface area contributed by atoms with Gasteiger partial charge in [-0.25, -0.2) is 9.59 Å². The molecule has 2 amide bonds. The second-order valence-electron chi connectivity index (χ2n) is 18.8. The first kappa shape index (κ1) is 49.6. The largest absolute Gasteiger partial charge is 0.456 e. The minimum Gasteiger partial charge on any atom is -0.456 e. The minimum atomic E-state index is -2.45. The van der Waals surface area contributed by atoms with E-state index in [1.165, 1.54) is 33.0 Å². The van der Waals surface area contributed by atoms with E-state index >= 15 is 4.79 Å². The van der Waals surface area contributed by atoms with E-state index in [-0.39, 0.29) is 60.5 Å². The molecule has 3 aliphatic carbocycles. The number of fused-ring (bicyclic) bond motifs is 5. The molecule has 0 aromatic heterocycles. The van der Waals surface area contributed by atoms with E-state index in [1.54, 1.807) is 92.7 Å². The SMILES string of the molecule is CNC(=O)CCCC(=O)O[C@H]1C(=O)[C@@]2(C)[C@H]([C@H](OC(=O)c3ccccc3)[C@]3(O)C[C@H](OC(=O)[C@H](O)[C@@H](NC(=O)c4ccccc4)c4ccccc4)C(C)=C1C3(C)C)[C@]1(OC(C)=O)CO[C@@H]1C[C@@H]2O. The molecule has 1 heterocycles. The second-order valence-corrected chi connectivity index (χ2v) is 18.8. The molecule has 1 aliphatic heterocycles. The molecule has 11 atom stereocenters. The lowest BCUT2D eigenvalue weighted by Gasteiger charge is -2.67. The molecule has 4 aliphatic rings. The molecule has 0 radical (unpaired) electrons. The van der Waals surface area contributed by atoms with Crippen molar-refractivity contribution in [1.82, 2.24) is 10.6 Å². The Hall–Kier alpha value is -6.27. The fraction of sp³-hybridized carbons (Fsp3) is 0.471. The average molecular weight is 939 g/mol. The molecule has 2 saturated carbocycles. The summed E-state index contributed by atoms with van der Waals surface area (Å²) in [6, 6.07) is 22.8. The number of ether oxygens (including phenoxy) is 5. The Labute approximate surface area is 393 Å². The number of carbonyl (C=O) groups is 7. The number of benzene rings is 3. The van der Waals surface area contributed by atoms with Crippen molar-refractivity contribution in [3.63, 3.8) is 0 Å². The van der Waals surface area contributed by atoms with Gasteiger partial charge in [-0.05, 0) is 61.2 Å². The van der Waals surface area contributed by atoms with Crippen molar-refractivity contribution < 1.29 is 72.6 Å². The predicted octanol–water partition coefficient (Wildman–Crippen LogP) is 3.63. The molecule has 0 unspecified atom stereocenters. The summed E-state index contributed by atoms with van der Waals surface area (Å²) >= 11 is 0. The number of rotatable bonds is 14. The summed E-state index contributed by atoms with van der Waals surface area (Å²) in [6.07, 6.45) is -11.3. The van der Waals surface area contributed by atoms with Gasteiger partial charge in [0.05, 0.1) is 35.6 Å². The van der Waals surface area contributed by atoms with Gasteiger partial charge < -0.3 is 49.6 Å². The van der Waals surface area contributed by atoms with E-state index in [1.807, 2.05) is 0 Å². The molecule has 0 spiro atoms. The molecule has 17 nitrogen and oxygen atoms in total. The van der Waals surface area contributed by atoms with Gasteiger partial charge in [-0.2, -0.15) is 0 Å². The topological polar surface area (TPSA) is 250 Å². The zero-order valence-electron chi connectivity index (χ0n) is 38.8. The third-order valence-electron chi connectivity index (χ3n) is 14.5. The predicted molar refractivity (Wildman–Crippen MR) is 240 cm³/mol. The summed E-state index contributed by atoms with van der Waals surface area (Å²) in [7, 11) is 1.44. The maximum absolute atomic E-state index is 15.8. The van der Waals surface area contributed by atoms with Gasteiger partial charge in [-0.1, -0.05) is 80.6 Å². The third-order valence-corrected chi connectivity index (χ3v) is 14.5. The number of esters is 4. The van der Waals surface area contributed by atoms with Gasteiger partial charge in [0.2, 0.25) is 5.91 Å². The minimum absolute atomic E-state index is 0.0287. The highest BCUT2D eigenvalue weighted by Crippen LogP contribution is 2.64. The van der Waals surface area contributed by atoms with Crippen LogP contribution in [0.25, 0.3) is 0 Å². The lowest BCUT2D eigenvalue weighted by molar-refractivity contribution is -0.346. The van der Waals surface area contributed by atoms with Crippen molar-refractivity contribution in [2.75, 3.05) is 13.7 Å². The number of ketones is 1. The molecular formula is C51H58N2O15.